The quantitative estimate of drug-likeness (QED) is 0.366. The summed E-state index contributed by atoms with van der Waals surface area (Å²) in [5.74, 6) is 0. The standard InChI is InChI=1S/C13H24O9/c1-19-10-3-7(17)13(9(5-15)21-10)22-11-2-6(16)12(18)8(4-14)20-11/h6-18H,2-5H2,1H3/t6?,7-,8?,9-,10+,11?,12+,13+/m1/s1. The van der Waals surface area contributed by atoms with E-state index in [1.807, 2.05) is 0 Å². The van der Waals surface area contributed by atoms with E-state index in [0.717, 1.165) is 0 Å². The lowest BCUT2D eigenvalue weighted by Crippen LogP contribution is -2.56. The van der Waals surface area contributed by atoms with Crippen molar-refractivity contribution in [3.05, 3.63) is 0 Å². The molecule has 0 aromatic rings. The summed E-state index contributed by atoms with van der Waals surface area (Å²) >= 11 is 0. The molecule has 9 heteroatoms. The van der Waals surface area contributed by atoms with Gasteiger partial charge in [-0.3, -0.25) is 0 Å². The number of hydrogen-bond acceptors (Lipinski definition) is 9. The van der Waals surface area contributed by atoms with Crippen molar-refractivity contribution in [3.8, 4) is 0 Å². The van der Waals surface area contributed by atoms with Crippen LogP contribution in [0.5, 0.6) is 0 Å². The molecule has 0 saturated carbocycles. The molecule has 9 nitrogen and oxygen atoms in total. The van der Waals surface area contributed by atoms with Gasteiger partial charge in [0.05, 0.1) is 25.4 Å². The fraction of sp³-hybridized carbons (Fsp3) is 1.00. The first-order valence-electron chi connectivity index (χ1n) is 7.25. The molecule has 2 rings (SSSR count). The zero-order valence-corrected chi connectivity index (χ0v) is 12.3. The maximum Gasteiger partial charge on any atom is 0.161 e. The van der Waals surface area contributed by atoms with Crippen molar-refractivity contribution in [3.63, 3.8) is 0 Å². The fourth-order valence-electron chi connectivity index (χ4n) is 2.71. The van der Waals surface area contributed by atoms with Crippen molar-refractivity contribution >= 4 is 0 Å². The maximum atomic E-state index is 10.1. The van der Waals surface area contributed by atoms with Gasteiger partial charge in [-0.2, -0.15) is 0 Å². The van der Waals surface area contributed by atoms with E-state index in [9.17, 15) is 20.4 Å². The Balaban J connectivity index is 1.99. The Morgan fingerprint density at radius 2 is 1.50 bits per heavy atom. The number of methoxy groups -OCH3 is 1. The van der Waals surface area contributed by atoms with E-state index in [0.29, 0.717) is 0 Å². The van der Waals surface area contributed by atoms with Gasteiger partial charge >= 0.3 is 0 Å². The van der Waals surface area contributed by atoms with Crippen LogP contribution in [0.25, 0.3) is 0 Å². The van der Waals surface area contributed by atoms with Crippen molar-refractivity contribution in [2.45, 2.75) is 62.0 Å². The molecule has 2 heterocycles. The second-order valence-electron chi connectivity index (χ2n) is 5.51. The molecule has 5 N–H and O–H groups in total. The minimum Gasteiger partial charge on any atom is -0.394 e. The van der Waals surface area contributed by atoms with Crippen molar-refractivity contribution in [2.24, 2.45) is 0 Å². The molecule has 2 fully saturated rings. The highest BCUT2D eigenvalue weighted by atomic mass is 16.7. The van der Waals surface area contributed by atoms with Crippen LogP contribution in [-0.2, 0) is 18.9 Å². The Labute approximate surface area is 128 Å². The van der Waals surface area contributed by atoms with Crippen LogP contribution in [0.15, 0.2) is 0 Å². The molecule has 2 aliphatic heterocycles. The Hall–Kier alpha value is -0.360. The minimum atomic E-state index is -1.20. The van der Waals surface area contributed by atoms with Gasteiger partial charge in [0.1, 0.15) is 24.4 Å². The first kappa shape index (κ1) is 18.0. The van der Waals surface area contributed by atoms with Gasteiger partial charge in [-0.25, -0.2) is 0 Å². The summed E-state index contributed by atoms with van der Waals surface area (Å²) in [5.41, 5.74) is 0. The third-order valence-electron chi connectivity index (χ3n) is 3.97. The normalized spacial score (nSPS) is 46.6. The van der Waals surface area contributed by atoms with Gasteiger partial charge in [0.25, 0.3) is 0 Å². The topological polar surface area (TPSA) is 138 Å². The Bertz CT molecular complexity index is 341. The second kappa shape index (κ2) is 7.95. The smallest absolute Gasteiger partial charge is 0.161 e. The van der Waals surface area contributed by atoms with E-state index in [-0.39, 0.29) is 19.4 Å². The monoisotopic (exact) mass is 324 g/mol. The van der Waals surface area contributed by atoms with Gasteiger partial charge in [0.2, 0.25) is 0 Å². The van der Waals surface area contributed by atoms with Gasteiger partial charge in [0, 0.05) is 20.0 Å². The van der Waals surface area contributed by atoms with Gasteiger partial charge in [-0.05, 0) is 0 Å². The van der Waals surface area contributed by atoms with Crippen LogP contribution < -0.4 is 0 Å². The molecule has 3 unspecified atom stereocenters. The summed E-state index contributed by atoms with van der Waals surface area (Å²) in [6, 6.07) is 0. The van der Waals surface area contributed by atoms with Crippen LogP contribution in [-0.4, -0.2) is 95.1 Å². The first-order chi connectivity index (χ1) is 10.5. The zero-order valence-electron chi connectivity index (χ0n) is 12.3. The molecule has 0 aromatic heterocycles. The Morgan fingerprint density at radius 1 is 0.909 bits per heavy atom. The fourth-order valence-corrected chi connectivity index (χ4v) is 2.71. The van der Waals surface area contributed by atoms with Crippen molar-refractivity contribution in [1.82, 2.24) is 0 Å². The van der Waals surface area contributed by atoms with Gasteiger partial charge in [0.15, 0.2) is 12.6 Å². The Morgan fingerprint density at radius 3 is 2.09 bits per heavy atom. The maximum absolute atomic E-state index is 10.1. The zero-order chi connectivity index (χ0) is 16.3. The molecule has 2 saturated heterocycles. The molecule has 8 atom stereocenters. The predicted octanol–water partition coefficient (Wildman–Crippen LogP) is -2.68. The average Bonchev–Trinajstić information content (AvgIpc) is 2.52. The SMILES string of the molecule is CO[C@@H]1C[C@@H](O)[C@H](OC2CC(O)[C@H](O)C(CO)O2)[C@@H](CO)O1. The summed E-state index contributed by atoms with van der Waals surface area (Å²) in [5, 5.41) is 48.1. The molecule has 0 amide bonds. The van der Waals surface area contributed by atoms with Crippen LogP contribution >= 0.6 is 0 Å². The highest BCUT2D eigenvalue weighted by Gasteiger charge is 2.43. The molecule has 130 valence electrons. The van der Waals surface area contributed by atoms with E-state index in [2.05, 4.69) is 0 Å². The van der Waals surface area contributed by atoms with E-state index >= 15 is 0 Å². The molecule has 0 aliphatic carbocycles. The molecule has 0 bridgehead atoms. The van der Waals surface area contributed by atoms with Crippen LogP contribution in [0.1, 0.15) is 12.8 Å². The van der Waals surface area contributed by atoms with Crippen LogP contribution in [0.2, 0.25) is 0 Å². The summed E-state index contributed by atoms with van der Waals surface area (Å²) in [6.45, 7) is -0.861. The number of rotatable bonds is 5. The third-order valence-corrected chi connectivity index (χ3v) is 3.97. The van der Waals surface area contributed by atoms with E-state index in [4.69, 9.17) is 24.1 Å². The number of aliphatic hydroxyl groups is 5. The lowest BCUT2D eigenvalue weighted by Gasteiger charge is -2.42. The highest BCUT2D eigenvalue weighted by Crippen LogP contribution is 2.28. The molecule has 0 spiro atoms. The van der Waals surface area contributed by atoms with Gasteiger partial charge in [-0.1, -0.05) is 0 Å². The lowest BCUT2D eigenvalue weighted by atomic mass is 10.00. The van der Waals surface area contributed by atoms with Crippen LogP contribution in [0, 0.1) is 0 Å². The first-order valence-corrected chi connectivity index (χ1v) is 7.25. The summed E-state index contributed by atoms with van der Waals surface area (Å²) < 4.78 is 21.4. The molecule has 22 heavy (non-hydrogen) atoms. The van der Waals surface area contributed by atoms with Crippen LogP contribution in [0.4, 0.5) is 0 Å². The Kier molecular flexibility index (Phi) is 6.50. The number of ether oxygens (including phenoxy) is 4. The lowest BCUT2D eigenvalue weighted by molar-refractivity contribution is -0.318. The largest absolute Gasteiger partial charge is 0.394 e. The average molecular weight is 324 g/mol. The van der Waals surface area contributed by atoms with E-state index in [1.54, 1.807) is 0 Å². The van der Waals surface area contributed by atoms with E-state index < -0.39 is 55.8 Å². The molecule has 2 aliphatic rings. The van der Waals surface area contributed by atoms with Crippen LogP contribution in [0.3, 0.4) is 0 Å². The summed E-state index contributed by atoms with van der Waals surface area (Å²) in [7, 11) is 1.43. The summed E-state index contributed by atoms with van der Waals surface area (Å²) in [6.07, 6.45) is -7.36. The molecule has 0 aromatic carbocycles. The third kappa shape index (κ3) is 3.94. The minimum absolute atomic E-state index is 0.0211. The van der Waals surface area contributed by atoms with Crippen molar-refractivity contribution in [2.75, 3.05) is 20.3 Å². The molecular weight excluding hydrogens is 300 g/mol. The van der Waals surface area contributed by atoms with Crippen molar-refractivity contribution in [1.29, 1.82) is 0 Å². The predicted molar refractivity (Wildman–Crippen MR) is 70.6 cm³/mol. The van der Waals surface area contributed by atoms with Crippen molar-refractivity contribution < 1.29 is 44.5 Å². The van der Waals surface area contributed by atoms with E-state index in [1.165, 1.54) is 7.11 Å². The van der Waals surface area contributed by atoms with Gasteiger partial charge < -0.3 is 44.5 Å². The second-order valence-corrected chi connectivity index (χ2v) is 5.51. The molecular formula is C13H24O9. The number of aliphatic hydroxyl groups excluding tert-OH is 5. The highest BCUT2D eigenvalue weighted by molar-refractivity contribution is 4.87. The van der Waals surface area contributed by atoms with Gasteiger partial charge in [-0.15, -0.1) is 0 Å². The number of hydrogen-bond donors (Lipinski definition) is 5. The summed E-state index contributed by atoms with van der Waals surface area (Å²) in [4.78, 5) is 0. The molecule has 0 radical (unpaired) electrons.